The fourth-order valence-corrected chi connectivity index (χ4v) is 10.6. The second-order valence-electron chi connectivity index (χ2n) is 17.7. The summed E-state index contributed by atoms with van der Waals surface area (Å²) < 4.78 is 32.2. The topological polar surface area (TPSA) is 109 Å². The first-order valence-electron chi connectivity index (χ1n) is 22.1. The van der Waals surface area contributed by atoms with E-state index < -0.39 is 0 Å². The quantitative estimate of drug-likeness (QED) is 0.174. The summed E-state index contributed by atoms with van der Waals surface area (Å²) in [5, 5.41) is 9.44. The van der Waals surface area contributed by atoms with Crippen molar-refractivity contribution in [2.45, 2.75) is 81.6 Å². The minimum Gasteiger partial charge on any atom is -0.506 e. The lowest BCUT2D eigenvalue weighted by molar-refractivity contribution is -0.133. The first-order chi connectivity index (χ1) is 30.7. The van der Waals surface area contributed by atoms with Gasteiger partial charge >= 0.3 is 0 Å². The molecule has 0 radical (unpaired) electrons. The van der Waals surface area contributed by atoms with Gasteiger partial charge in [-0.15, -0.1) is 0 Å². The van der Waals surface area contributed by atoms with Crippen molar-refractivity contribution in [3.05, 3.63) is 144 Å². The minimum absolute atomic E-state index is 0.0469. The number of nitrogens with zero attached hydrogens (tertiary/aromatic N) is 8. The molecule has 326 valence electrons. The number of benzene rings is 3. The smallest absolute Gasteiger partial charge is 0.240 e. The maximum atomic E-state index is 13.2. The molecular formula is C49H52F2N8O4. The highest BCUT2D eigenvalue weighted by Gasteiger charge is 2.51. The zero-order valence-electron chi connectivity index (χ0n) is 35.1. The van der Waals surface area contributed by atoms with Gasteiger partial charge in [0.1, 0.15) is 41.4 Å². The standard InChI is InChI=1S/C28H29FN4O2.C21H23FN4O2/c29-22-8-6-20(7-9-22)16-31-13-12-26(28(31)34)32-17-24-14-23(32)18-33(24)27-11-10-25(15-30-27)35-19-21-4-2-1-3-5-21;22-15-3-1-14(2-4-15)11-24-8-7-19(21(24)28)25-12-17-9-16(25)13-26(17)20-6-5-18(27)10-23-20/h1-11,15,23-24,26H,12-14,16-19H2;1-6,10,16-17,19,27H,7-9,11-13H2/t23-,24-,26?;16-,17-,19?/m00/s1. The van der Waals surface area contributed by atoms with Gasteiger partial charge in [0.15, 0.2) is 0 Å². The van der Waals surface area contributed by atoms with E-state index in [2.05, 4.69) is 29.6 Å². The number of fused-ring (bicyclic) bond motifs is 4. The van der Waals surface area contributed by atoms with Gasteiger partial charge in [0.2, 0.25) is 11.8 Å². The van der Waals surface area contributed by atoms with Gasteiger partial charge in [-0.1, -0.05) is 54.6 Å². The number of carbonyl (C=O) groups is 2. The number of hydrogen-bond acceptors (Lipinski definition) is 10. The highest BCUT2D eigenvalue weighted by atomic mass is 19.1. The summed E-state index contributed by atoms with van der Waals surface area (Å²) >= 11 is 0. The van der Waals surface area contributed by atoms with Crippen molar-refractivity contribution in [3.63, 3.8) is 0 Å². The van der Waals surface area contributed by atoms with E-state index in [1.807, 2.05) is 58.3 Å². The Morgan fingerprint density at radius 3 is 1.52 bits per heavy atom. The molecule has 2 unspecified atom stereocenters. The zero-order valence-corrected chi connectivity index (χ0v) is 35.1. The van der Waals surface area contributed by atoms with Crippen molar-refractivity contribution in [2.75, 3.05) is 49.1 Å². The highest BCUT2D eigenvalue weighted by Crippen LogP contribution is 2.39. The van der Waals surface area contributed by atoms with Crippen LogP contribution < -0.4 is 14.5 Å². The number of aromatic hydroxyl groups is 1. The van der Waals surface area contributed by atoms with Gasteiger partial charge < -0.3 is 29.4 Å². The average molecular weight is 855 g/mol. The number of halogens is 2. The highest BCUT2D eigenvalue weighted by molar-refractivity contribution is 5.84. The largest absolute Gasteiger partial charge is 0.506 e. The number of ether oxygens (including phenoxy) is 1. The predicted octanol–water partition coefficient (Wildman–Crippen LogP) is 5.85. The van der Waals surface area contributed by atoms with Crippen LogP contribution >= 0.6 is 0 Å². The molecule has 2 amide bonds. The average Bonchev–Trinajstić information content (AvgIpc) is 4.19. The Morgan fingerprint density at radius 1 is 0.571 bits per heavy atom. The lowest BCUT2D eigenvalue weighted by Crippen LogP contribution is -2.52. The molecule has 6 saturated heterocycles. The monoisotopic (exact) mass is 854 g/mol. The van der Waals surface area contributed by atoms with Crippen LogP contribution in [0.25, 0.3) is 0 Å². The number of rotatable bonds is 11. The van der Waals surface area contributed by atoms with Gasteiger partial charge in [0.25, 0.3) is 0 Å². The van der Waals surface area contributed by atoms with Crippen molar-refractivity contribution < 1.29 is 28.2 Å². The normalized spacial score (nSPS) is 25.4. The Morgan fingerprint density at radius 2 is 1.08 bits per heavy atom. The van der Waals surface area contributed by atoms with Gasteiger partial charge in [0, 0.05) is 76.5 Å². The fourth-order valence-electron chi connectivity index (χ4n) is 10.6. The second kappa shape index (κ2) is 17.6. The lowest BCUT2D eigenvalue weighted by Gasteiger charge is -2.37. The predicted molar refractivity (Wildman–Crippen MR) is 234 cm³/mol. The Hall–Kier alpha value is -6.12. The molecule has 0 saturated carbocycles. The molecular weight excluding hydrogens is 803 g/mol. The van der Waals surface area contributed by atoms with Crippen LogP contribution in [0.5, 0.6) is 11.5 Å². The Labute approximate surface area is 366 Å². The van der Waals surface area contributed by atoms with Crippen LogP contribution in [-0.2, 0) is 29.3 Å². The third-order valence-electron chi connectivity index (χ3n) is 13.8. The number of aromatic nitrogens is 2. The molecule has 2 aromatic heterocycles. The van der Waals surface area contributed by atoms with Crippen LogP contribution in [0.1, 0.15) is 42.4 Å². The molecule has 6 atom stereocenters. The summed E-state index contributed by atoms with van der Waals surface area (Å²) in [4.78, 5) is 48.4. The zero-order chi connectivity index (χ0) is 43.0. The van der Waals surface area contributed by atoms with Crippen molar-refractivity contribution in [3.8, 4) is 11.5 Å². The number of likely N-dealkylation sites (tertiary alicyclic amines) is 4. The molecule has 0 spiro atoms. The summed E-state index contributed by atoms with van der Waals surface area (Å²) in [5.74, 6) is 2.68. The Kier molecular flexibility index (Phi) is 11.4. The van der Waals surface area contributed by atoms with Crippen LogP contribution in [0, 0.1) is 11.6 Å². The van der Waals surface area contributed by atoms with E-state index in [9.17, 15) is 23.5 Å². The van der Waals surface area contributed by atoms with Crippen molar-refractivity contribution >= 4 is 23.5 Å². The van der Waals surface area contributed by atoms with Gasteiger partial charge in [-0.2, -0.15) is 0 Å². The van der Waals surface area contributed by atoms with Gasteiger partial charge in [-0.3, -0.25) is 19.4 Å². The van der Waals surface area contributed by atoms with Crippen molar-refractivity contribution in [1.29, 1.82) is 0 Å². The summed E-state index contributed by atoms with van der Waals surface area (Å²) in [5.41, 5.74) is 3.06. The van der Waals surface area contributed by atoms with E-state index in [-0.39, 0.29) is 41.3 Å². The number of hydrogen-bond donors (Lipinski definition) is 1. The number of pyridine rings is 2. The lowest BCUT2D eigenvalue weighted by atomic mass is 10.1. The van der Waals surface area contributed by atoms with Crippen LogP contribution in [0.2, 0.25) is 0 Å². The summed E-state index contributed by atoms with van der Waals surface area (Å²) in [6.45, 7) is 6.63. The molecule has 1 N–H and O–H groups in total. The number of piperazine rings is 2. The van der Waals surface area contributed by atoms with Crippen molar-refractivity contribution in [2.24, 2.45) is 0 Å². The summed E-state index contributed by atoms with van der Waals surface area (Å²) in [7, 11) is 0. The molecule has 6 aliphatic rings. The Balaban J connectivity index is 0.000000153. The minimum atomic E-state index is -0.255. The summed E-state index contributed by atoms with van der Waals surface area (Å²) in [6.07, 6.45) is 7.10. The molecule has 63 heavy (non-hydrogen) atoms. The third kappa shape index (κ3) is 8.66. The van der Waals surface area contributed by atoms with Gasteiger partial charge in [-0.05, 0) is 90.9 Å². The summed E-state index contributed by atoms with van der Waals surface area (Å²) in [6, 6.07) is 31.8. The number of carbonyl (C=O) groups excluding carboxylic acids is 2. The SMILES string of the molecule is O=C1C(N2C[C@@H]3C[C@H]2CN3c2ccc(O)cn2)CCN1Cc1ccc(F)cc1.O=C1C(N2C[C@@H]3C[C@H]2CN3c2ccc(OCc3ccccc3)cn2)CCN1Cc1ccc(F)cc1. The van der Waals surface area contributed by atoms with Gasteiger partial charge in [0.05, 0.1) is 24.5 Å². The van der Waals surface area contributed by atoms with Crippen molar-refractivity contribution in [1.82, 2.24) is 29.6 Å². The fraction of sp³-hybridized carbons (Fsp3) is 0.388. The molecule has 3 aromatic carbocycles. The molecule has 11 rings (SSSR count). The van der Waals surface area contributed by atoms with E-state index >= 15 is 0 Å². The van der Waals surface area contributed by atoms with Crippen LogP contribution in [0.15, 0.2) is 116 Å². The molecule has 5 aromatic rings. The molecule has 4 bridgehead atoms. The first kappa shape index (κ1) is 40.9. The first-order valence-corrected chi connectivity index (χ1v) is 22.1. The molecule has 14 heteroatoms. The molecule has 6 aliphatic heterocycles. The third-order valence-corrected chi connectivity index (χ3v) is 13.8. The van der Waals surface area contributed by atoms with Crippen LogP contribution in [0.4, 0.5) is 20.4 Å². The molecule has 8 heterocycles. The molecule has 6 fully saturated rings. The Bertz CT molecular complexity index is 2380. The van der Waals surface area contributed by atoms with Crippen LogP contribution in [0.3, 0.4) is 0 Å². The van der Waals surface area contributed by atoms with Crippen LogP contribution in [-0.4, -0.2) is 122 Å². The van der Waals surface area contributed by atoms with Gasteiger partial charge in [-0.25, -0.2) is 18.7 Å². The van der Waals surface area contributed by atoms with E-state index in [1.54, 1.807) is 36.5 Å². The number of amides is 2. The van der Waals surface area contributed by atoms with E-state index in [0.717, 1.165) is 99.0 Å². The number of anilines is 2. The van der Waals surface area contributed by atoms with E-state index in [0.29, 0.717) is 43.9 Å². The van der Waals surface area contributed by atoms with E-state index in [4.69, 9.17) is 4.74 Å². The maximum Gasteiger partial charge on any atom is 0.240 e. The maximum absolute atomic E-state index is 13.2. The molecule has 0 aliphatic carbocycles. The second-order valence-corrected chi connectivity index (χ2v) is 17.7. The van der Waals surface area contributed by atoms with E-state index in [1.165, 1.54) is 30.5 Å². The molecule has 12 nitrogen and oxygen atoms in total.